The number of nitrogens with one attached hydrogen (secondary N) is 2. The second-order valence-corrected chi connectivity index (χ2v) is 2.90. The van der Waals surface area contributed by atoms with E-state index in [4.69, 9.17) is 14.9 Å². The second-order valence-electron chi connectivity index (χ2n) is 2.90. The van der Waals surface area contributed by atoms with Gasteiger partial charge in [-0.15, -0.1) is 5.10 Å². The molecular formula is C8H15N5O3. The fourth-order valence-corrected chi connectivity index (χ4v) is 0.918. The van der Waals surface area contributed by atoms with Gasteiger partial charge in [0, 0.05) is 13.7 Å². The Balaban J connectivity index is 2.20. The van der Waals surface area contributed by atoms with Gasteiger partial charge < -0.3 is 25.5 Å². The van der Waals surface area contributed by atoms with Crippen LogP contribution in [0.1, 0.15) is 5.89 Å². The van der Waals surface area contributed by atoms with Gasteiger partial charge in [-0.2, -0.15) is 0 Å². The Kier molecular flexibility index (Phi) is 5.23. The maximum atomic E-state index is 11.2. The van der Waals surface area contributed by atoms with E-state index < -0.39 is 0 Å². The van der Waals surface area contributed by atoms with Gasteiger partial charge in [-0.1, -0.05) is 5.10 Å². The lowest BCUT2D eigenvalue weighted by Gasteiger charge is -2.03. The zero-order valence-electron chi connectivity index (χ0n) is 9.02. The van der Waals surface area contributed by atoms with E-state index in [0.717, 1.165) is 0 Å². The van der Waals surface area contributed by atoms with Crippen molar-refractivity contribution in [2.24, 2.45) is 5.73 Å². The van der Waals surface area contributed by atoms with Crippen LogP contribution in [0.5, 0.6) is 0 Å². The van der Waals surface area contributed by atoms with Crippen molar-refractivity contribution in [1.82, 2.24) is 15.5 Å². The molecule has 4 N–H and O–H groups in total. The number of nitrogens with zero attached hydrogens (tertiary/aromatic N) is 2. The molecule has 0 aliphatic carbocycles. The molecule has 0 atom stereocenters. The number of anilines is 1. The third-order valence-electron chi connectivity index (χ3n) is 1.67. The largest absolute Gasteiger partial charge is 0.407 e. The van der Waals surface area contributed by atoms with Gasteiger partial charge in [0.1, 0.15) is 0 Å². The molecule has 0 spiro atoms. The molecule has 0 fully saturated rings. The molecule has 1 aromatic rings. The molecule has 0 aromatic carbocycles. The van der Waals surface area contributed by atoms with Crippen LogP contribution in [-0.4, -0.2) is 42.9 Å². The van der Waals surface area contributed by atoms with Crippen LogP contribution in [0, 0.1) is 0 Å². The summed E-state index contributed by atoms with van der Waals surface area (Å²) < 4.78 is 9.83. The average Bonchev–Trinajstić information content (AvgIpc) is 2.74. The zero-order valence-corrected chi connectivity index (χ0v) is 9.02. The molecule has 0 aliphatic heterocycles. The van der Waals surface area contributed by atoms with Crippen molar-refractivity contribution in [2.75, 3.05) is 32.1 Å². The van der Waals surface area contributed by atoms with E-state index >= 15 is 0 Å². The number of hydrogen-bond donors (Lipinski definition) is 3. The molecule has 0 saturated carbocycles. The minimum absolute atomic E-state index is 0.0654. The highest BCUT2D eigenvalue weighted by molar-refractivity contribution is 5.79. The maximum Gasteiger partial charge on any atom is 0.315 e. The van der Waals surface area contributed by atoms with Gasteiger partial charge in [0.2, 0.25) is 11.8 Å². The van der Waals surface area contributed by atoms with Gasteiger partial charge in [0.25, 0.3) is 0 Å². The maximum absolute atomic E-state index is 11.2. The summed E-state index contributed by atoms with van der Waals surface area (Å²) in [4.78, 5) is 11.2. The van der Waals surface area contributed by atoms with E-state index in [2.05, 4.69) is 20.8 Å². The van der Waals surface area contributed by atoms with Crippen molar-refractivity contribution in [3.8, 4) is 0 Å². The first-order valence-corrected chi connectivity index (χ1v) is 4.78. The van der Waals surface area contributed by atoms with Crippen molar-refractivity contribution in [2.45, 2.75) is 6.54 Å². The molecule has 1 heterocycles. The van der Waals surface area contributed by atoms with Gasteiger partial charge >= 0.3 is 6.01 Å². The Bertz CT molecular complexity index is 327. The van der Waals surface area contributed by atoms with Crippen molar-refractivity contribution < 1.29 is 13.9 Å². The summed E-state index contributed by atoms with van der Waals surface area (Å²) in [6.07, 6.45) is 0. The topological polar surface area (TPSA) is 115 Å². The smallest absolute Gasteiger partial charge is 0.315 e. The molecule has 8 heteroatoms. The fourth-order valence-electron chi connectivity index (χ4n) is 0.918. The Morgan fingerprint density at radius 3 is 3.00 bits per heavy atom. The van der Waals surface area contributed by atoms with Crippen LogP contribution < -0.4 is 16.4 Å². The molecule has 0 aliphatic rings. The van der Waals surface area contributed by atoms with Crippen LogP contribution in [0.2, 0.25) is 0 Å². The summed E-state index contributed by atoms with van der Waals surface area (Å²) in [5.41, 5.74) is 5.28. The van der Waals surface area contributed by atoms with E-state index in [1.54, 1.807) is 7.11 Å². The normalized spacial score (nSPS) is 10.1. The Hall–Kier alpha value is -1.67. The molecular weight excluding hydrogens is 214 g/mol. The lowest BCUT2D eigenvalue weighted by molar-refractivity contribution is -0.119. The highest BCUT2D eigenvalue weighted by Crippen LogP contribution is 2.03. The minimum atomic E-state index is -0.176. The first-order valence-electron chi connectivity index (χ1n) is 4.78. The molecule has 8 nitrogen and oxygen atoms in total. The number of nitrogens with two attached hydrogens (primary N) is 1. The van der Waals surface area contributed by atoms with Crippen LogP contribution in [0.15, 0.2) is 4.42 Å². The number of amides is 1. The summed E-state index contributed by atoms with van der Waals surface area (Å²) >= 11 is 0. The first-order chi connectivity index (χ1) is 7.76. The highest BCUT2D eigenvalue weighted by atomic mass is 16.5. The van der Waals surface area contributed by atoms with E-state index in [1.165, 1.54) is 0 Å². The molecule has 0 bridgehead atoms. The monoisotopic (exact) mass is 229 g/mol. The fraction of sp³-hybridized carbons (Fsp3) is 0.625. The third-order valence-corrected chi connectivity index (χ3v) is 1.67. The van der Waals surface area contributed by atoms with Gasteiger partial charge in [-0.25, -0.2) is 0 Å². The zero-order chi connectivity index (χ0) is 11.8. The van der Waals surface area contributed by atoms with E-state index in [9.17, 15) is 4.79 Å². The Morgan fingerprint density at radius 1 is 1.56 bits per heavy atom. The van der Waals surface area contributed by atoms with Gasteiger partial charge in [-0.3, -0.25) is 4.79 Å². The summed E-state index contributed by atoms with van der Waals surface area (Å²) in [7, 11) is 1.57. The van der Waals surface area contributed by atoms with Crippen LogP contribution in [0.25, 0.3) is 0 Å². The van der Waals surface area contributed by atoms with Crippen molar-refractivity contribution in [3.05, 3.63) is 5.89 Å². The standard InChI is InChI=1S/C8H15N5O3/c1-15-3-2-10-6(14)5-11-8-13-12-7(4-9)16-8/h2-5,9H2,1H3,(H,10,14)(H,11,13). The van der Waals surface area contributed by atoms with Crippen LogP contribution in [0.3, 0.4) is 0 Å². The van der Waals surface area contributed by atoms with Gasteiger partial charge in [-0.05, 0) is 0 Å². The summed E-state index contributed by atoms with van der Waals surface area (Å²) in [6, 6.07) is 0.183. The highest BCUT2D eigenvalue weighted by Gasteiger charge is 2.05. The molecule has 16 heavy (non-hydrogen) atoms. The molecule has 0 saturated heterocycles. The van der Waals surface area contributed by atoms with Gasteiger partial charge in [0.15, 0.2) is 0 Å². The quantitative estimate of drug-likeness (QED) is 0.498. The Morgan fingerprint density at radius 2 is 2.38 bits per heavy atom. The number of rotatable bonds is 7. The van der Waals surface area contributed by atoms with Crippen LogP contribution in [-0.2, 0) is 16.1 Å². The molecule has 1 aromatic heterocycles. The number of carbonyl (C=O) groups excluding carboxylic acids is 1. The first kappa shape index (κ1) is 12.4. The lowest BCUT2D eigenvalue weighted by atomic mass is 10.5. The van der Waals surface area contributed by atoms with Gasteiger partial charge in [0.05, 0.1) is 19.7 Å². The molecule has 0 radical (unpaired) electrons. The number of methoxy groups -OCH3 is 1. The summed E-state index contributed by atoms with van der Waals surface area (Å²) in [5, 5.41) is 12.6. The van der Waals surface area contributed by atoms with E-state index in [0.29, 0.717) is 19.0 Å². The predicted molar refractivity (Wildman–Crippen MR) is 55.6 cm³/mol. The summed E-state index contributed by atoms with van der Waals surface area (Å²) in [6.45, 7) is 1.18. The predicted octanol–water partition coefficient (Wildman–Crippen LogP) is -1.30. The van der Waals surface area contributed by atoms with Crippen molar-refractivity contribution in [3.63, 3.8) is 0 Å². The number of ether oxygens (including phenoxy) is 1. The number of carbonyl (C=O) groups is 1. The Labute approximate surface area is 92.5 Å². The second kappa shape index (κ2) is 6.75. The number of hydrogen-bond acceptors (Lipinski definition) is 7. The van der Waals surface area contributed by atoms with Crippen LogP contribution >= 0.6 is 0 Å². The molecule has 1 rings (SSSR count). The average molecular weight is 229 g/mol. The van der Waals surface area contributed by atoms with Crippen molar-refractivity contribution in [1.29, 1.82) is 0 Å². The van der Waals surface area contributed by atoms with E-state index in [-0.39, 0.29) is 25.0 Å². The summed E-state index contributed by atoms with van der Waals surface area (Å²) in [5.74, 6) is 0.145. The molecule has 0 unspecified atom stereocenters. The minimum Gasteiger partial charge on any atom is -0.407 e. The lowest BCUT2D eigenvalue weighted by Crippen LogP contribution is -2.32. The molecule has 1 amide bonds. The number of aromatic nitrogens is 2. The van der Waals surface area contributed by atoms with Crippen molar-refractivity contribution >= 4 is 11.9 Å². The van der Waals surface area contributed by atoms with E-state index in [1.807, 2.05) is 0 Å². The van der Waals surface area contributed by atoms with Crippen LogP contribution in [0.4, 0.5) is 6.01 Å². The molecule has 90 valence electrons. The SMILES string of the molecule is COCCNC(=O)CNc1nnc(CN)o1. The third kappa shape index (κ3) is 4.24.